The van der Waals surface area contributed by atoms with Crippen molar-refractivity contribution in [2.45, 2.75) is 51.9 Å². The fourth-order valence-electron chi connectivity index (χ4n) is 2.85. The number of nitrogens with one attached hydrogen (secondary N) is 1. The third kappa shape index (κ3) is 8.39. The lowest BCUT2D eigenvalue weighted by Crippen LogP contribution is -2.40. The first kappa shape index (κ1) is 24.4. The molecule has 0 unspecified atom stereocenters. The Kier molecular flexibility index (Phi) is 8.59. The number of hydrogen-bond donors (Lipinski definition) is 3. The molecule has 168 valence electrons. The lowest BCUT2D eigenvalue weighted by molar-refractivity contribution is -0.117. The highest BCUT2D eigenvalue weighted by Crippen LogP contribution is 2.18. The van der Waals surface area contributed by atoms with Gasteiger partial charge in [-0.25, -0.2) is 4.79 Å². The van der Waals surface area contributed by atoms with Gasteiger partial charge in [0.25, 0.3) is 0 Å². The molecule has 2 amide bonds. The van der Waals surface area contributed by atoms with Crippen LogP contribution in [0.5, 0.6) is 0 Å². The summed E-state index contributed by atoms with van der Waals surface area (Å²) < 4.78 is 5.53. The summed E-state index contributed by atoms with van der Waals surface area (Å²) in [6, 6.07) is 16.0. The van der Waals surface area contributed by atoms with Gasteiger partial charge in [-0.05, 0) is 57.4 Å². The monoisotopic (exact) mass is 427 g/mol. The second-order valence-corrected chi connectivity index (χ2v) is 8.58. The molecule has 0 bridgehead atoms. The van der Waals surface area contributed by atoms with Crippen LogP contribution in [0.15, 0.2) is 54.6 Å². The lowest BCUT2D eigenvalue weighted by atomic mass is 10.1. The normalized spacial score (nSPS) is 13.2. The third-order valence-corrected chi connectivity index (χ3v) is 4.53. The average Bonchev–Trinajstić information content (AvgIpc) is 2.71. The number of aliphatic hydroxyl groups excluding tert-OH is 1. The van der Waals surface area contributed by atoms with Crippen molar-refractivity contribution >= 4 is 17.7 Å². The Morgan fingerprint density at radius 2 is 1.71 bits per heavy atom. The number of carbonyl (C=O) groups is 2. The summed E-state index contributed by atoms with van der Waals surface area (Å²) in [6.07, 6.45) is -0.713. The van der Waals surface area contributed by atoms with E-state index in [-0.39, 0.29) is 12.5 Å². The van der Waals surface area contributed by atoms with Crippen molar-refractivity contribution < 1.29 is 19.4 Å². The molecule has 2 atom stereocenters. The molecule has 0 spiro atoms. The highest BCUT2D eigenvalue weighted by Gasteiger charge is 2.24. The summed E-state index contributed by atoms with van der Waals surface area (Å²) in [6.45, 7) is 7.56. The van der Waals surface area contributed by atoms with Gasteiger partial charge in [-0.3, -0.25) is 4.79 Å². The maximum Gasteiger partial charge on any atom is 0.410 e. The smallest absolute Gasteiger partial charge is 0.410 e. The van der Waals surface area contributed by atoms with E-state index < -0.39 is 23.8 Å². The van der Waals surface area contributed by atoms with Gasteiger partial charge < -0.3 is 25.8 Å². The second-order valence-electron chi connectivity index (χ2n) is 8.58. The highest BCUT2D eigenvalue weighted by molar-refractivity contribution is 5.94. The van der Waals surface area contributed by atoms with E-state index in [1.54, 1.807) is 19.1 Å². The first-order chi connectivity index (χ1) is 14.5. The predicted molar refractivity (Wildman–Crippen MR) is 122 cm³/mol. The van der Waals surface area contributed by atoms with Crippen LogP contribution in [0.4, 0.5) is 10.5 Å². The molecule has 4 N–H and O–H groups in total. The number of benzene rings is 2. The molecule has 2 aromatic rings. The van der Waals surface area contributed by atoms with Gasteiger partial charge in [0.2, 0.25) is 5.91 Å². The molecule has 0 fully saturated rings. The van der Waals surface area contributed by atoms with Crippen LogP contribution < -0.4 is 11.1 Å². The van der Waals surface area contributed by atoms with Crippen LogP contribution in [0.1, 0.15) is 44.9 Å². The first-order valence-corrected chi connectivity index (χ1v) is 10.4. The summed E-state index contributed by atoms with van der Waals surface area (Å²) in [5.41, 5.74) is 7.32. The molecule has 0 saturated carbocycles. The van der Waals surface area contributed by atoms with Crippen molar-refractivity contribution in [1.82, 2.24) is 4.90 Å². The van der Waals surface area contributed by atoms with E-state index in [1.165, 1.54) is 4.90 Å². The molecule has 31 heavy (non-hydrogen) atoms. The van der Waals surface area contributed by atoms with Gasteiger partial charge in [-0.1, -0.05) is 42.5 Å². The third-order valence-electron chi connectivity index (χ3n) is 4.53. The Morgan fingerprint density at radius 3 is 2.26 bits per heavy atom. The number of anilines is 1. The minimum Gasteiger partial charge on any atom is -0.444 e. The summed E-state index contributed by atoms with van der Waals surface area (Å²) in [5, 5.41) is 13.3. The Balaban J connectivity index is 2.04. The molecular formula is C24H33N3O4. The number of nitrogens with two attached hydrogens (primary N) is 1. The van der Waals surface area contributed by atoms with Crippen molar-refractivity contribution in [3.05, 3.63) is 65.7 Å². The van der Waals surface area contributed by atoms with E-state index in [9.17, 15) is 14.7 Å². The van der Waals surface area contributed by atoms with Crippen LogP contribution in [0, 0.1) is 0 Å². The van der Waals surface area contributed by atoms with E-state index in [4.69, 9.17) is 10.5 Å². The zero-order valence-corrected chi connectivity index (χ0v) is 18.7. The van der Waals surface area contributed by atoms with Crippen molar-refractivity contribution in [1.29, 1.82) is 0 Å². The molecule has 0 aliphatic heterocycles. The van der Waals surface area contributed by atoms with E-state index in [0.717, 1.165) is 11.1 Å². The quantitative estimate of drug-likeness (QED) is 0.598. The maximum atomic E-state index is 12.7. The van der Waals surface area contributed by atoms with Gasteiger partial charge in [0.1, 0.15) is 5.60 Å². The fraction of sp³-hybridized carbons (Fsp3) is 0.417. The van der Waals surface area contributed by atoms with Crippen molar-refractivity contribution in [2.75, 3.05) is 18.4 Å². The molecule has 0 radical (unpaired) electrons. The van der Waals surface area contributed by atoms with Gasteiger partial charge in [0.15, 0.2) is 0 Å². The predicted octanol–water partition coefficient (Wildman–Crippen LogP) is 3.49. The maximum absolute atomic E-state index is 12.7. The van der Waals surface area contributed by atoms with Gasteiger partial charge in [0, 0.05) is 12.2 Å². The van der Waals surface area contributed by atoms with Crippen molar-refractivity contribution in [3.8, 4) is 0 Å². The molecule has 2 aromatic carbocycles. The Morgan fingerprint density at radius 1 is 1.10 bits per heavy atom. The van der Waals surface area contributed by atoms with Gasteiger partial charge in [-0.2, -0.15) is 0 Å². The van der Waals surface area contributed by atoms with Crippen LogP contribution in [0.2, 0.25) is 0 Å². The largest absolute Gasteiger partial charge is 0.444 e. The minimum atomic E-state index is -0.815. The van der Waals surface area contributed by atoms with Gasteiger partial charge in [-0.15, -0.1) is 0 Å². The fourth-order valence-corrected chi connectivity index (χ4v) is 2.85. The van der Waals surface area contributed by atoms with E-state index in [2.05, 4.69) is 5.32 Å². The molecule has 0 aromatic heterocycles. The molecule has 0 heterocycles. The van der Waals surface area contributed by atoms with Crippen LogP contribution in [0.3, 0.4) is 0 Å². The molecule has 0 saturated heterocycles. The van der Waals surface area contributed by atoms with Crippen LogP contribution in [0.25, 0.3) is 0 Å². The average molecular weight is 428 g/mol. The number of aliphatic hydroxyl groups is 1. The highest BCUT2D eigenvalue weighted by atomic mass is 16.6. The Bertz CT molecular complexity index is 845. The summed E-state index contributed by atoms with van der Waals surface area (Å²) in [5.74, 6) is -0.251. The molecule has 7 heteroatoms. The molecular weight excluding hydrogens is 394 g/mol. The number of nitrogens with zero attached hydrogens (tertiary/aromatic N) is 1. The zero-order chi connectivity index (χ0) is 23.0. The topological polar surface area (TPSA) is 105 Å². The minimum absolute atomic E-state index is 0.126. The van der Waals surface area contributed by atoms with Gasteiger partial charge in [0.05, 0.1) is 18.7 Å². The SMILES string of the molecule is C[C@H](N)C(=O)Nc1ccc(CCN(C[C@H](O)c2ccccc2)C(=O)OC(C)(C)C)cc1. The summed E-state index contributed by atoms with van der Waals surface area (Å²) in [7, 11) is 0. The van der Waals surface area contributed by atoms with E-state index >= 15 is 0 Å². The van der Waals surface area contributed by atoms with Crippen LogP contribution in [-0.4, -0.2) is 46.7 Å². The first-order valence-electron chi connectivity index (χ1n) is 10.4. The molecule has 0 aliphatic carbocycles. The standard InChI is InChI=1S/C24H33N3O4/c1-17(25)22(29)26-20-12-10-18(11-13-20)14-15-27(23(30)31-24(2,3)4)16-21(28)19-8-6-5-7-9-19/h5-13,17,21,28H,14-16,25H2,1-4H3,(H,26,29)/t17-,21-/m0/s1. The van der Waals surface area contributed by atoms with Crippen LogP contribution in [-0.2, 0) is 16.0 Å². The molecule has 2 rings (SSSR count). The number of amides is 2. The van der Waals surface area contributed by atoms with Gasteiger partial charge >= 0.3 is 6.09 Å². The zero-order valence-electron chi connectivity index (χ0n) is 18.7. The molecule has 0 aliphatic rings. The number of ether oxygens (including phenoxy) is 1. The number of rotatable bonds is 8. The molecule has 7 nitrogen and oxygen atoms in total. The van der Waals surface area contributed by atoms with Crippen molar-refractivity contribution in [3.63, 3.8) is 0 Å². The number of carbonyl (C=O) groups excluding carboxylic acids is 2. The second kappa shape index (κ2) is 10.9. The van der Waals surface area contributed by atoms with Crippen molar-refractivity contribution in [2.24, 2.45) is 5.73 Å². The van der Waals surface area contributed by atoms with Crippen LogP contribution >= 0.6 is 0 Å². The number of hydrogen-bond acceptors (Lipinski definition) is 5. The summed E-state index contributed by atoms with van der Waals surface area (Å²) in [4.78, 5) is 25.9. The lowest BCUT2D eigenvalue weighted by Gasteiger charge is -2.29. The summed E-state index contributed by atoms with van der Waals surface area (Å²) >= 11 is 0. The Labute approximate surface area is 184 Å². The Hall–Kier alpha value is -2.90. The van der Waals surface area contributed by atoms with E-state index in [0.29, 0.717) is 18.7 Å². The van der Waals surface area contributed by atoms with E-state index in [1.807, 2.05) is 63.2 Å².